The smallest absolute Gasteiger partial charge is 0.111 e. The molecular weight excluding hydrogens is 262 g/mol. The quantitative estimate of drug-likeness (QED) is 0.603. The number of benzene rings is 1. The minimum atomic E-state index is 0.523. The van der Waals surface area contributed by atoms with Crippen molar-refractivity contribution in [3.63, 3.8) is 0 Å². The molecule has 19 heavy (non-hydrogen) atoms. The number of nitrogens with zero attached hydrogens (tertiary/aromatic N) is 3. The van der Waals surface area contributed by atoms with Gasteiger partial charge in [-0.05, 0) is 18.6 Å². The number of para-hydroxylation sites is 1. The molecule has 0 bridgehead atoms. The van der Waals surface area contributed by atoms with Gasteiger partial charge in [0.15, 0.2) is 0 Å². The molecule has 0 fully saturated rings. The van der Waals surface area contributed by atoms with Crippen LogP contribution >= 0.6 is 11.6 Å². The van der Waals surface area contributed by atoms with E-state index >= 15 is 0 Å². The van der Waals surface area contributed by atoms with Gasteiger partial charge in [-0.15, -0.1) is 11.6 Å². The Hall–Kier alpha value is -1.57. The molecule has 0 radical (unpaired) electrons. The fraction of sp³-hybridized carbons (Fsp3) is 0.429. The first-order valence-corrected chi connectivity index (χ1v) is 6.78. The van der Waals surface area contributed by atoms with Crippen LogP contribution in [0.4, 0.5) is 0 Å². The maximum atomic E-state index is 9.13. The fourth-order valence-corrected chi connectivity index (χ4v) is 2.35. The summed E-state index contributed by atoms with van der Waals surface area (Å²) in [6, 6.07) is 7.86. The molecule has 5 heteroatoms. The Kier molecular flexibility index (Phi) is 4.78. The number of halogens is 1. The van der Waals surface area contributed by atoms with Crippen LogP contribution in [0, 0.1) is 11.3 Å². The Labute approximate surface area is 117 Å². The molecule has 0 saturated heterocycles. The van der Waals surface area contributed by atoms with Crippen LogP contribution in [0.25, 0.3) is 11.0 Å². The molecule has 2 aromatic rings. The van der Waals surface area contributed by atoms with Crippen molar-refractivity contribution in [1.29, 1.82) is 5.26 Å². The minimum absolute atomic E-state index is 0.523. The molecule has 100 valence electrons. The Balaban J connectivity index is 2.45. The van der Waals surface area contributed by atoms with Gasteiger partial charge in [0.1, 0.15) is 17.4 Å². The van der Waals surface area contributed by atoms with E-state index in [0.717, 1.165) is 29.8 Å². The predicted octanol–water partition coefficient (Wildman–Crippen LogP) is 2.73. The van der Waals surface area contributed by atoms with Crippen LogP contribution < -0.4 is 0 Å². The Morgan fingerprint density at radius 3 is 3.00 bits per heavy atom. The number of hydrogen-bond donors (Lipinski definition) is 0. The van der Waals surface area contributed by atoms with Crippen molar-refractivity contribution in [3.8, 4) is 6.07 Å². The molecule has 0 aliphatic rings. The number of aryl methyl sites for hydroxylation is 2. The highest BCUT2D eigenvalue weighted by molar-refractivity contribution is 6.17. The number of hydrogen-bond acceptors (Lipinski definition) is 3. The topological polar surface area (TPSA) is 50.8 Å². The molecule has 0 N–H and O–H groups in total. The van der Waals surface area contributed by atoms with Crippen molar-refractivity contribution < 1.29 is 4.74 Å². The highest BCUT2D eigenvalue weighted by Gasteiger charge is 2.12. The number of nitriles is 1. The largest absolute Gasteiger partial charge is 0.385 e. The monoisotopic (exact) mass is 277 g/mol. The first-order chi connectivity index (χ1) is 9.31. The molecular formula is C14H16ClN3O. The molecule has 2 rings (SSSR count). The van der Waals surface area contributed by atoms with Crippen LogP contribution in [-0.4, -0.2) is 29.1 Å². The van der Waals surface area contributed by atoms with E-state index in [1.165, 1.54) is 0 Å². The summed E-state index contributed by atoms with van der Waals surface area (Å²) in [5, 5.41) is 9.13. The molecule has 0 atom stereocenters. The SMILES string of the molecule is COCCCn1c(CCCl)nc2c(C#N)cccc21. The summed E-state index contributed by atoms with van der Waals surface area (Å²) < 4.78 is 7.22. The zero-order valence-electron chi connectivity index (χ0n) is 10.9. The predicted molar refractivity (Wildman–Crippen MR) is 75.4 cm³/mol. The summed E-state index contributed by atoms with van der Waals surface area (Å²) in [6.45, 7) is 1.53. The van der Waals surface area contributed by atoms with Gasteiger partial charge in [-0.1, -0.05) is 6.07 Å². The summed E-state index contributed by atoms with van der Waals surface area (Å²) in [7, 11) is 1.69. The van der Waals surface area contributed by atoms with Gasteiger partial charge in [0.25, 0.3) is 0 Å². The molecule has 0 unspecified atom stereocenters. The van der Waals surface area contributed by atoms with E-state index in [9.17, 15) is 0 Å². The number of imidazole rings is 1. The van der Waals surface area contributed by atoms with Crippen LogP contribution in [-0.2, 0) is 17.7 Å². The normalized spacial score (nSPS) is 10.8. The van der Waals surface area contributed by atoms with Crippen LogP contribution in [0.1, 0.15) is 17.8 Å². The average Bonchev–Trinajstić information content (AvgIpc) is 2.77. The molecule has 1 heterocycles. The number of ether oxygens (including phenoxy) is 1. The van der Waals surface area contributed by atoms with Gasteiger partial charge < -0.3 is 9.30 Å². The number of methoxy groups -OCH3 is 1. The van der Waals surface area contributed by atoms with Crippen molar-refractivity contribution in [1.82, 2.24) is 9.55 Å². The Morgan fingerprint density at radius 1 is 1.47 bits per heavy atom. The number of fused-ring (bicyclic) bond motifs is 1. The second kappa shape index (κ2) is 6.55. The third kappa shape index (κ3) is 2.89. The highest BCUT2D eigenvalue weighted by atomic mass is 35.5. The van der Waals surface area contributed by atoms with Crippen molar-refractivity contribution >= 4 is 22.6 Å². The molecule has 0 saturated carbocycles. The second-order valence-corrected chi connectivity index (χ2v) is 4.63. The average molecular weight is 278 g/mol. The summed E-state index contributed by atoms with van der Waals surface area (Å²) in [6.07, 6.45) is 1.61. The second-order valence-electron chi connectivity index (χ2n) is 4.25. The molecule has 1 aromatic heterocycles. The van der Waals surface area contributed by atoms with Crippen LogP contribution in [0.5, 0.6) is 0 Å². The van der Waals surface area contributed by atoms with Crippen molar-refractivity contribution in [2.75, 3.05) is 19.6 Å². The highest BCUT2D eigenvalue weighted by Crippen LogP contribution is 2.20. The van der Waals surface area contributed by atoms with Crippen LogP contribution in [0.15, 0.2) is 18.2 Å². The lowest BCUT2D eigenvalue weighted by Crippen LogP contribution is -2.06. The van der Waals surface area contributed by atoms with E-state index < -0.39 is 0 Å². The molecule has 0 spiro atoms. The lowest BCUT2D eigenvalue weighted by Gasteiger charge is -2.07. The van der Waals surface area contributed by atoms with Gasteiger partial charge in [-0.3, -0.25) is 0 Å². The molecule has 0 amide bonds. The van der Waals surface area contributed by atoms with Gasteiger partial charge in [-0.2, -0.15) is 5.26 Å². The van der Waals surface area contributed by atoms with Crippen molar-refractivity contribution in [2.45, 2.75) is 19.4 Å². The first-order valence-electron chi connectivity index (χ1n) is 6.25. The lowest BCUT2D eigenvalue weighted by molar-refractivity contribution is 0.190. The molecule has 0 aliphatic carbocycles. The third-order valence-electron chi connectivity index (χ3n) is 3.03. The summed E-state index contributed by atoms with van der Waals surface area (Å²) in [4.78, 5) is 4.57. The third-order valence-corrected chi connectivity index (χ3v) is 3.22. The summed E-state index contributed by atoms with van der Waals surface area (Å²) >= 11 is 5.83. The van der Waals surface area contributed by atoms with Gasteiger partial charge in [0.2, 0.25) is 0 Å². The van der Waals surface area contributed by atoms with Gasteiger partial charge in [0, 0.05) is 32.6 Å². The van der Waals surface area contributed by atoms with E-state index in [0.29, 0.717) is 24.5 Å². The van der Waals surface area contributed by atoms with E-state index in [4.69, 9.17) is 21.6 Å². The first kappa shape index (κ1) is 13.9. The molecule has 1 aromatic carbocycles. The summed E-state index contributed by atoms with van der Waals surface area (Å²) in [5.74, 6) is 1.46. The van der Waals surface area contributed by atoms with Crippen LogP contribution in [0.2, 0.25) is 0 Å². The molecule has 0 aliphatic heterocycles. The Bertz CT molecular complexity index is 600. The van der Waals surface area contributed by atoms with Crippen LogP contribution in [0.3, 0.4) is 0 Å². The molecule has 4 nitrogen and oxygen atoms in total. The fourth-order valence-electron chi connectivity index (χ4n) is 2.18. The zero-order valence-corrected chi connectivity index (χ0v) is 11.7. The van der Waals surface area contributed by atoms with E-state index in [1.54, 1.807) is 13.2 Å². The van der Waals surface area contributed by atoms with Gasteiger partial charge in [-0.25, -0.2) is 4.98 Å². The lowest BCUT2D eigenvalue weighted by atomic mass is 10.2. The Morgan fingerprint density at radius 2 is 2.32 bits per heavy atom. The number of rotatable bonds is 6. The van der Waals surface area contributed by atoms with Crippen molar-refractivity contribution in [2.24, 2.45) is 0 Å². The maximum Gasteiger partial charge on any atom is 0.111 e. The summed E-state index contributed by atoms with van der Waals surface area (Å²) in [5.41, 5.74) is 2.37. The van der Waals surface area contributed by atoms with E-state index in [2.05, 4.69) is 15.6 Å². The zero-order chi connectivity index (χ0) is 13.7. The number of aromatic nitrogens is 2. The number of alkyl halides is 1. The van der Waals surface area contributed by atoms with Gasteiger partial charge in [0.05, 0.1) is 11.1 Å². The van der Waals surface area contributed by atoms with E-state index in [1.807, 2.05) is 12.1 Å². The van der Waals surface area contributed by atoms with Gasteiger partial charge >= 0.3 is 0 Å². The van der Waals surface area contributed by atoms with Crippen molar-refractivity contribution in [3.05, 3.63) is 29.6 Å². The maximum absolute atomic E-state index is 9.13. The standard InChI is InChI=1S/C14H16ClN3O/c1-19-9-3-8-18-12-5-2-4-11(10-16)14(12)17-13(18)6-7-15/h2,4-5H,3,6-9H2,1H3. The van der Waals surface area contributed by atoms with E-state index in [-0.39, 0.29) is 0 Å². The minimum Gasteiger partial charge on any atom is -0.385 e.